The zero-order valence-electron chi connectivity index (χ0n) is 12.9. The van der Waals surface area contributed by atoms with Crippen molar-refractivity contribution in [1.29, 1.82) is 0 Å². The van der Waals surface area contributed by atoms with Gasteiger partial charge in [-0.1, -0.05) is 12.1 Å². The maximum Gasteiger partial charge on any atom is 0.360 e. The van der Waals surface area contributed by atoms with Gasteiger partial charge in [-0.05, 0) is 41.5 Å². The largest absolute Gasteiger partial charge is 0.461 e. The Kier molecular flexibility index (Phi) is 8.34. The van der Waals surface area contributed by atoms with Crippen LogP contribution >= 0.6 is 39.7 Å². The van der Waals surface area contributed by atoms with Gasteiger partial charge in [-0.15, -0.1) is 23.7 Å². The Morgan fingerprint density at radius 1 is 1.38 bits per heavy atom. The van der Waals surface area contributed by atoms with Crippen molar-refractivity contribution in [1.82, 2.24) is 4.98 Å². The Morgan fingerprint density at radius 3 is 2.71 bits per heavy atom. The van der Waals surface area contributed by atoms with Crippen LogP contribution in [0.15, 0.2) is 28.7 Å². The number of rotatable bonds is 6. The number of carbonyl (C=O) groups excluding carboxylic acids is 2. The van der Waals surface area contributed by atoms with Crippen molar-refractivity contribution in [2.24, 2.45) is 5.73 Å². The van der Waals surface area contributed by atoms with Gasteiger partial charge < -0.3 is 15.8 Å². The van der Waals surface area contributed by atoms with Crippen LogP contribution in [0.3, 0.4) is 0 Å². The minimum atomic E-state index is -0.561. The number of amides is 1. The van der Waals surface area contributed by atoms with Crippen molar-refractivity contribution >= 4 is 56.6 Å². The first kappa shape index (κ1) is 20.6. The van der Waals surface area contributed by atoms with Crippen molar-refractivity contribution in [2.75, 3.05) is 18.5 Å². The van der Waals surface area contributed by atoms with Crippen LogP contribution in [-0.4, -0.2) is 30.0 Å². The first-order chi connectivity index (χ1) is 11.1. The number of anilines is 1. The molecule has 2 rings (SSSR count). The normalized spacial score (nSPS) is 9.96. The van der Waals surface area contributed by atoms with Crippen LogP contribution in [0.4, 0.5) is 5.00 Å². The highest BCUT2D eigenvalue weighted by atomic mass is 79.9. The Balaban J connectivity index is 0.00000288. The summed E-state index contributed by atoms with van der Waals surface area (Å²) in [5.74, 6) is -0.888. The summed E-state index contributed by atoms with van der Waals surface area (Å²) in [7, 11) is 0. The van der Waals surface area contributed by atoms with Crippen molar-refractivity contribution in [3.05, 3.63) is 45.0 Å². The van der Waals surface area contributed by atoms with Crippen molar-refractivity contribution in [3.63, 3.8) is 0 Å². The van der Waals surface area contributed by atoms with E-state index >= 15 is 0 Å². The first-order valence-corrected chi connectivity index (χ1v) is 8.60. The monoisotopic (exact) mass is 433 g/mol. The summed E-state index contributed by atoms with van der Waals surface area (Å²) in [6, 6.07) is 7.04. The summed E-state index contributed by atoms with van der Waals surface area (Å²) in [6.07, 6.45) is 0.530. The number of ether oxygens (including phenoxy) is 1. The number of carbonyl (C=O) groups is 2. The lowest BCUT2D eigenvalue weighted by Gasteiger charge is -2.06. The number of nitrogens with zero attached hydrogens (tertiary/aromatic N) is 1. The van der Waals surface area contributed by atoms with Crippen LogP contribution in [0, 0.1) is 0 Å². The average molecular weight is 435 g/mol. The van der Waals surface area contributed by atoms with Gasteiger partial charge in [-0.3, -0.25) is 4.79 Å². The van der Waals surface area contributed by atoms with Crippen LogP contribution in [-0.2, 0) is 11.2 Å². The molecule has 0 radical (unpaired) electrons. The van der Waals surface area contributed by atoms with Crippen molar-refractivity contribution in [3.8, 4) is 0 Å². The summed E-state index contributed by atoms with van der Waals surface area (Å²) >= 11 is 4.56. The molecule has 9 heteroatoms. The standard InChI is InChI=1S/C15H16BrN3O3S.ClH/c1-2-22-15(21)12-14(23-11(18-12)7-8-17)19-13(20)9-5-3-4-6-10(9)16;/h3-6H,2,7-8,17H2,1H3,(H,19,20);1H. The minimum absolute atomic E-state index is 0. The molecule has 0 saturated carbocycles. The van der Waals surface area contributed by atoms with E-state index in [0.29, 0.717) is 33.0 Å². The third kappa shape index (κ3) is 5.01. The van der Waals surface area contributed by atoms with Crippen molar-refractivity contribution in [2.45, 2.75) is 13.3 Å². The van der Waals surface area contributed by atoms with Gasteiger partial charge in [0.2, 0.25) is 0 Å². The van der Waals surface area contributed by atoms with Gasteiger partial charge in [-0.25, -0.2) is 9.78 Å². The predicted molar refractivity (Wildman–Crippen MR) is 100 cm³/mol. The number of halogens is 2. The Labute approximate surface area is 158 Å². The molecule has 130 valence electrons. The van der Waals surface area contributed by atoms with E-state index < -0.39 is 5.97 Å². The Bertz CT molecular complexity index is 724. The molecule has 0 aliphatic rings. The smallest absolute Gasteiger partial charge is 0.360 e. The average Bonchev–Trinajstić information content (AvgIpc) is 2.91. The van der Waals surface area contributed by atoms with Crippen LogP contribution in [0.25, 0.3) is 0 Å². The molecule has 1 amide bonds. The summed E-state index contributed by atoms with van der Waals surface area (Å²) < 4.78 is 5.65. The second-order valence-corrected chi connectivity index (χ2v) is 6.42. The van der Waals surface area contributed by atoms with Gasteiger partial charge in [0.15, 0.2) is 5.69 Å². The van der Waals surface area contributed by atoms with Crippen LogP contribution in [0.1, 0.15) is 32.8 Å². The van der Waals surface area contributed by atoms with Crippen LogP contribution in [0.2, 0.25) is 0 Å². The zero-order valence-corrected chi connectivity index (χ0v) is 16.1. The van der Waals surface area contributed by atoms with E-state index in [0.717, 1.165) is 0 Å². The lowest BCUT2D eigenvalue weighted by molar-refractivity contribution is 0.0521. The number of thiazole rings is 1. The molecule has 1 aromatic heterocycles. The van der Waals surface area contributed by atoms with Gasteiger partial charge >= 0.3 is 5.97 Å². The highest BCUT2D eigenvalue weighted by Gasteiger charge is 2.22. The lowest BCUT2D eigenvalue weighted by atomic mass is 10.2. The predicted octanol–water partition coefficient (Wildman–Crippen LogP) is 3.26. The van der Waals surface area contributed by atoms with Gasteiger partial charge in [0.05, 0.1) is 17.2 Å². The second-order valence-electron chi connectivity index (χ2n) is 4.48. The van der Waals surface area contributed by atoms with Gasteiger partial charge in [0.1, 0.15) is 5.00 Å². The molecular weight excluding hydrogens is 418 g/mol. The van der Waals surface area contributed by atoms with Crippen molar-refractivity contribution < 1.29 is 14.3 Å². The summed E-state index contributed by atoms with van der Waals surface area (Å²) in [4.78, 5) is 28.6. The fourth-order valence-electron chi connectivity index (χ4n) is 1.83. The zero-order chi connectivity index (χ0) is 16.8. The minimum Gasteiger partial charge on any atom is -0.461 e. The molecule has 1 aromatic carbocycles. The highest BCUT2D eigenvalue weighted by molar-refractivity contribution is 9.10. The Hall–Kier alpha value is -1.48. The third-order valence-corrected chi connectivity index (χ3v) is 4.57. The molecular formula is C15H17BrClN3O3S. The van der Waals surface area contributed by atoms with E-state index in [1.54, 1.807) is 25.1 Å². The number of aromatic nitrogens is 1. The van der Waals surface area contributed by atoms with E-state index in [-0.39, 0.29) is 30.6 Å². The molecule has 2 aromatic rings. The van der Waals surface area contributed by atoms with Gasteiger partial charge in [0, 0.05) is 10.9 Å². The number of benzene rings is 1. The van der Waals surface area contributed by atoms with Crippen LogP contribution in [0.5, 0.6) is 0 Å². The SMILES string of the molecule is CCOC(=O)c1nc(CCN)sc1NC(=O)c1ccccc1Br.Cl. The van der Waals surface area contributed by atoms with Crippen LogP contribution < -0.4 is 11.1 Å². The maximum atomic E-state index is 12.4. The topological polar surface area (TPSA) is 94.3 Å². The van der Waals surface area contributed by atoms with E-state index in [2.05, 4.69) is 26.2 Å². The third-order valence-electron chi connectivity index (χ3n) is 2.84. The molecule has 3 N–H and O–H groups in total. The first-order valence-electron chi connectivity index (χ1n) is 6.99. The summed E-state index contributed by atoms with van der Waals surface area (Å²) in [5, 5.41) is 3.78. The quantitative estimate of drug-likeness (QED) is 0.681. The molecule has 0 aliphatic heterocycles. The fraction of sp³-hybridized carbons (Fsp3) is 0.267. The molecule has 0 spiro atoms. The number of hydrogen-bond donors (Lipinski definition) is 2. The molecule has 0 bridgehead atoms. The second kappa shape index (κ2) is 9.73. The fourth-order valence-corrected chi connectivity index (χ4v) is 3.26. The molecule has 0 fully saturated rings. The molecule has 24 heavy (non-hydrogen) atoms. The van der Waals surface area contributed by atoms with E-state index in [1.165, 1.54) is 11.3 Å². The summed E-state index contributed by atoms with van der Waals surface area (Å²) in [5.41, 5.74) is 6.10. The van der Waals surface area contributed by atoms with Gasteiger partial charge in [-0.2, -0.15) is 0 Å². The molecule has 0 atom stereocenters. The van der Waals surface area contributed by atoms with E-state index in [1.807, 2.05) is 6.07 Å². The summed E-state index contributed by atoms with van der Waals surface area (Å²) in [6.45, 7) is 2.36. The lowest BCUT2D eigenvalue weighted by Crippen LogP contribution is -2.15. The molecule has 1 heterocycles. The van der Waals surface area contributed by atoms with Gasteiger partial charge in [0.25, 0.3) is 5.91 Å². The molecule has 6 nitrogen and oxygen atoms in total. The maximum absolute atomic E-state index is 12.4. The molecule has 0 saturated heterocycles. The number of nitrogens with two attached hydrogens (primary N) is 1. The van der Waals surface area contributed by atoms with E-state index in [4.69, 9.17) is 10.5 Å². The number of nitrogens with one attached hydrogen (secondary N) is 1. The number of esters is 1. The number of hydrogen-bond acceptors (Lipinski definition) is 6. The van der Waals surface area contributed by atoms with E-state index in [9.17, 15) is 9.59 Å². The highest BCUT2D eigenvalue weighted by Crippen LogP contribution is 2.27. The molecule has 0 unspecified atom stereocenters. The molecule has 0 aliphatic carbocycles. The Morgan fingerprint density at radius 2 is 2.08 bits per heavy atom.